The number of carbonyl (C=O) groups excluding carboxylic acids is 1. The van der Waals surface area contributed by atoms with Crippen LogP contribution in [-0.2, 0) is 9.59 Å². The molecule has 0 aliphatic carbocycles. The molecule has 2 rings (SSSR count). The zero-order chi connectivity index (χ0) is 16.1. The maximum atomic E-state index is 12.6. The van der Waals surface area contributed by atoms with E-state index in [1.165, 1.54) is 0 Å². The van der Waals surface area contributed by atoms with Gasteiger partial charge in [0.15, 0.2) is 0 Å². The van der Waals surface area contributed by atoms with Gasteiger partial charge in [0.05, 0.1) is 6.04 Å². The van der Waals surface area contributed by atoms with E-state index in [0.717, 1.165) is 24.1 Å². The first-order chi connectivity index (χ1) is 10.5. The molecule has 0 saturated carbocycles. The number of hydrogen-bond acceptors (Lipinski definition) is 3. The van der Waals surface area contributed by atoms with Crippen LogP contribution in [0.25, 0.3) is 0 Å². The van der Waals surface area contributed by atoms with Gasteiger partial charge in [0, 0.05) is 12.2 Å². The van der Waals surface area contributed by atoms with Crippen LogP contribution in [0.2, 0.25) is 0 Å². The van der Waals surface area contributed by atoms with Gasteiger partial charge in [-0.3, -0.25) is 14.9 Å². The molecule has 0 unspecified atom stereocenters. The van der Waals surface area contributed by atoms with E-state index in [2.05, 4.69) is 5.32 Å². The van der Waals surface area contributed by atoms with Crippen molar-refractivity contribution in [1.82, 2.24) is 5.32 Å². The highest BCUT2D eigenvalue weighted by Crippen LogP contribution is 2.22. The maximum Gasteiger partial charge on any atom is 0.320 e. The Kier molecular flexibility index (Phi) is 5.55. The van der Waals surface area contributed by atoms with Crippen molar-refractivity contribution in [2.24, 2.45) is 0 Å². The number of anilines is 1. The van der Waals surface area contributed by atoms with Crippen LogP contribution in [0.4, 0.5) is 5.69 Å². The van der Waals surface area contributed by atoms with Crippen molar-refractivity contribution < 1.29 is 14.7 Å². The Morgan fingerprint density at radius 2 is 2.09 bits per heavy atom. The number of nitrogens with zero attached hydrogens (tertiary/aromatic N) is 1. The predicted molar refractivity (Wildman–Crippen MR) is 86.0 cm³/mol. The number of nitrogens with one attached hydrogen (secondary N) is 1. The van der Waals surface area contributed by atoms with E-state index < -0.39 is 18.1 Å². The lowest BCUT2D eigenvalue weighted by Crippen LogP contribution is -2.55. The average Bonchev–Trinajstić information content (AvgIpc) is 2.49. The van der Waals surface area contributed by atoms with Gasteiger partial charge in [0.25, 0.3) is 0 Å². The van der Waals surface area contributed by atoms with Gasteiger partial charge >= 0.3 is 5.97 Å². The third kappa shape index (κ3) is 3.85. The fraction of sp³-hybridized carbons (Fsp3) is 0.529. The lowest BCUT2D eigenvalue weighted by atomic mass is 10.0. The normalized spacial score (nSPS) is 20.0. The number of hydrogen-bond donors (Lipinski definition) is 2. The van der Waals surface area contributed by atoms with Gasteiger partial charge in [-0.2, -0.15) is 0 Å². The van der Waals surface area contributed by atoms with Crippen molar-refractivity contribution in [2.75, 3.05) is 11.4 Å². The molecule has 1 aliphatic rings. The molecule has 1 aromatic rings. The second-order valence-corrected chi connectivity index (χ2v) is 5.87. The Labute approximate surface area is 131 Å². The van der Waals surface area contributed by atoms with Gasteiger partial charge in [0.2, 0.25) is 5.91 Å². The van der Waals surface area contributed by atoms with Crippen molar-refractivity contribution in [3.63, 3.8) is 0 Å². The highest BCUT2D eigenvalue weighted by molar-refractivity contribution is 5.98. The van der Waals surface area contributed by atoms with E-state index in [4.69, 9.17) is 0 Å². The van der Waals surface area contributed by atoms with Crippen LogP contribution in [0.1, 0.15) is 38.2 Å². The number of amides is 1. The second-order valence-electron chi connectivity index (χ2n) is 5.87. The molecule has 1 saturated heterocycles. The second kappa shape index (κ2) is 7.40. The van der Waals surface area contributed by atoms with E-state index in [1.54, 1.807) is 4.90 Å². The third-order valence-electron chi connectivity index (χ3n) is 4.06. The summed E-state index contributed by atoms with van der Waals surface area (Å²) in [4.78, 5) is 25.7. The molecule has 0 spiro atoms. The summed E-state index contributed by atoms with van der Waals surface area (Å²) >= 11 is 0. The smallest absolute Gasteiger partial charge is 0.320 e. The maximum absolute atomic E-state index is 12.6. The lowest BCUT2D eigenvalue weighted by Gasteiger charge is -2.34. The Balaban J connectivity index is 2.09. The molecule has 1 aliphatic heterocycles. The Bertz CT molecular complexity index is 527. The summed E-state index contributed by atoms with van der Waals surface area (Å²) in [5.74, 6) is -0.917. The minimum Gasteiger partial charge on any atom is -0.480 e. The fourth-order valence-electron chi connectivity index (χ4n) is 2.82. The zero-order valence-corrected chi connectivity index (χ0v) is 13.2. The summed E-state index contributed by atoms with van der Waals surface area (Å²) in [6.45, 7) is 4.64. The molecule has 5 nitrogen and oxygen atoms in total. The molecular weight excluding hydrogens is 280 g/mol. The molecule has 22 heavy (non-hydrogen) atoms. The SMILES string of the molecule is CCC[C@@H](N[C@H]1CCCN(c2ccc(C)cc2)C1=O)C(=O)O. The minimum atomic E-state index is -0.887. The van der Waals surface area contributed by atoms with Gasteiger partial charge in [-0.25, -0.2) is 0 Å². The Hall–Kier alpha value is -1.88. The van der Waals surface area contributed by atoms with E-state index in [-0.39, 0.29) is 5.91 Å². The Morgan fingerprint density at radius 1 is 1.41 bits per heavy atom. The summed E-state index contributed by atoms with van der Waals surface area (Å²) in [5.41, 5.74) is 2.03. The van der Waals surface area contributed by atoms with Crippen LogP contribution in [-0.4, -0.2) is 35.6 Å². The number of aliphatic carboxylic acids is 1. The van der Waals surface area contributed by atoms with Crippen LogP contribution in [0.15, 0.2) is 24.3 Å². The van der Waals surface area contributed by atoms with Crippen molar-refractivity contribution >= 4 is 17.6 Å². The van der Waals surface area contributed by atoms with Gasteiger partial charge < -0.3 is 10.0 Å². The molecular formula is C17H24N2O3. The van der Waals surface area contributed by atoms with Crippen molar-refractivity contribution in [3.8, 4) is 0 Å². The van der Waals surface area contributed by atoms with E-state index in [0.29, 0.717) is 19.4 Å². The number of rotatable bonds is 6. The summed E-state index contributed by atoms with van der Waals surface area (Å²) in [6.07, 6.45) is 2.86. The van der Waals surface area contributed by atoms with Crippen molar-refractivity contribution in [1.29, 1.82) is 0 Å². The molecule has 2 atom stereocenters. The van der Waals surface area contributed by atoms with Crippen molar-refractivity contribution in [2.45, 2.75) is 51.6 Å². The third-order valence-corrected chi connectivity index (χ3v) is 4.06. The standard InChI is InChI=1S/C17H24N2O3/c1-3-5-15(17(21)22)18-14-6-4-11-19(16(14)20)13-9-7-12(2)8-10-13/h7-10,14-15,18H,3-6,11H2,1-2H3,(H,21,22)/t14-,15+/m0/s1. The number of carboxylic acids is 1. The predicted octanol–water partition coefficient (Wildman–Crippen LogP) is 2.33. The highest BCUT2D eigenvalue weighted by Gasteiger charge is 2.32. The number of carboxylic acid groups (broad SMARTS) is 1. The number of piperidine rings is 1. The number of aryl methyl sites for hydroxylation is 1. The molecule has 0 bridgehead atoms. The van der Waals surface area contributed by atoms with E-state index in [9.17, 15) is 14.7 Å². The molecule has 0 radical (unpaired) electrons. The van der Waals surface area contributed by atoms with Crippen LogP contribution in [0.3, 0.4) is 0 Å². The molecule has 1 amide bonds. The molecule has 1 heterocycles. The Morgan fingerprint density at radius 3 is 2.68 bits per heavy atom. The first kappa shape index (κ1) is 16.5. The van der Waals surface area contributed by atoms with E-state index in [1.807, 2.05) is 38.1 Å². The van der Waals surface area contributed by atoms with E-state index >= 15 is 0 Å². The van der Waals surface area contributed by atoms with Crippen LogP contribution in [0, 0.1) is 6.92 Å². The molecule has 1 aromatic carbocycles. The van der Waals surface area contributed by atoms with Gasteiger partial charge in [-0.05, 0) is 38.3 Å². The molecule has 2 N–H and O–H groups in total. The topological polar surface area (TPSA) is 69.6 Å². The number of benzene rings is 1. The largest absolute Gasteiger partial charge is 0.480 e. The van der Waals surface area contributed by atoms with Crippen LogP contribution >= 0.6 is 0 Å². The molecule has 5 heteroatoms. The first-order valence-electron chi connectivity index (χ1n) is 7.89. The quantitative estimate of drug-likeness (QED) is 0.846. The summed E-state index contributed by atoms with van der Waals surface area (Å²) in [7, 11) is 0. The van der Waals surface area contributed by atoms with Crippen LogP contribution < -0.4 is 10.2 Å². The fourth-order valence-corrected chi connectivity index (χ4v) is 2.82. The molecule has 1 fully saturated rings. The highest BCUT2D eigenvalue weighted by atomic mass is 16.4. The van der Waals surface area contributed by atoms with Gasteiger partial charge in [-0.15, -0.1) is 0 Å². The molecule has 0 aromatic heterocycles. The van der Waals surface area contributed by atoms with Gasteiger partial charge in [0.1, 0.15) is 6.04 Å². The average molecular weight is 304 g/mol. The first-order valence-corrected chi connectivity index (χ1v) is 7.89. The monoisotopic (exact) mass is 304 g/mol. The minimum absolute atomic E-state index is 0.0301. The van der Waals surface area contributed by atoms with Crippen LogP contribution in [0.5, 0.6) is 0 Å². The lowest BCUT2D eigenvalue weighted by molar-refractivity contribution is -0.140. The zero-order valence-electron chi connectivity index (χ0n) is 13.2. The van der Waals surface area contributed by atoms with Gasteiger partial charge in [-0.1, -0.05) is 31.0 Å². The number of carbonyl (C=O) groups is 2. The molecule has 120 valence electrons. The van der Waals surface area contributed by atoms with Crippen molar-refractivity contribution in [3.05, 3.63) is 29.8 Å². The summed E-state index contributed by atoms with van der Waals surface area (Å²) < 4.78 is 0. The summed E-state index contributed by atoms with van der Waals surface area (Å²) in [5, 5.41) is 12.3. The summed E-state index contributed by atoms with van der Waals surface area (Å²) in [6, 6.07) is 6.78.